The number of alkyl halides is 3. The maximum absolute atomic E-state index is 12.6. The van der Waals surface area contributed by atoms with Crippen molar-refractivity contribution >= 4 is 21.2 Å². The van der Waals surface area contributed by atoms with Crippen molar-refractivity contribution in [2.75, 3.05) is 16.8 Å². The van der Waals surface area contributed by atoms with Crippen LogP contribution in [0.15, 0.2) is 29.7 Å². The van der Waals surface area contributed by atoms with Gasteiger partial charge < -0.3 is 11.1 Å². The number of halogens is 3. The van der Waals surface area contributed by atoms with E-state index < -0.39 is 27.6 Å². The van der Waals surface area contributed by atoms with Crippen molar-refractivity contribution in [1.29, 1.82) is 0 Å². The average molecular weight is 292 g/mol. The summed E-state index contributed by atoms with van der Waals surface area (Å²) in [5, 5.41) is 3.76. The van der Waals surface area contributed by atoms with Crippen LogP contribution in [-0.4, -0.2) is 20.2 Å². The molecule has 1 atom stereocenters. The van der Waals surface area contributed by atoms with E-state index >= 15 is 0 Å². The molecule has 1 unspecified atom stereocenters. The van der Waals surface area contributed by atoms with Gasteiger partial charge in [-0.25, -0.2) is 8.42 Å². The van der Waals surface area contributed by atoms with E-state index in [0.29, 0.717) is 0 Å². The van der Waals surface area contributed by atoms with Gasteiger partial charge in [0.15, 0.2) is 9.84 Å². The minimum absolute atomic E-state index is 0.168. The summed E-state index contributed by atoms with van der Waals surface area (Å²) in [6.07, 6.45) is -3.14. The predicted molar refractivity (Wildman–Crippen MR) is 66.2 cm³/mol. The summed E-state index contributed by atoms with van der Waals surface area (Å²) in [4.78, 5) is 0. The lowest BCUT2D eigenvalue weighted by Crippen LogP contribution is -2.21. The van der Waals surface area contributed by atoms with Gasteiger partial charge in [-0.1, -0.05) is 6.08 Å². The van der Waals surface area contributed by atoms with Crippen molar-refractivity contribution < 1.29 is 21.6 Å². The summed E-state index contributed by atoms with van der Waals surface area (Å²) in [5.41, 5.74) is 4.13. The first-order chi connectivity index (χ1) is 8.67. The maximum atomic E-state index is 12.6. The van der Waals surface area contributed by atoms with Gasteiger partial charge in [0.1, 0.15) is 0 Å². The quantitative estimate of drug-likeness (QED) is 0.818. The molecule has 1 aromatic rings. The number of anilines is 2. The molecular formula is C11H11F3N2O2S. The Balaban J connectivity index is 2.21. The van der Waals surface area contributed by atoms with Crippen LogP contribution in [0.5, 0.6) is 0 Å². The summed E-state index contributed by atoms with van der Waals surface area (Å²) in [6.45, 7) is 0. The molecule has 4 nitrogen and oxygen atoms in total. The lowest BCUT2D eigenvalue weighted by atomic mass is 10.1. The first-order valence-corrected chi connectivity index (χ1v) is 7.03. The van der Waals surface area contributed by atoms with E-state index in [1.165, 1.54) is 12.1 Å². The van der Waals surface area contributed by atoms with Crippen molar-refractivity contribution in [3.63, 3.8) is 0 Å². The Morgan fingerprint density at radius 1 is 1.32 bits per heavy atom. The summed E-state index contributed by atoms with van der Waals surface area (Å²) >= 11 is 0. The maximum Gasteiger partial charge on any atom is 0.418 e. The van der Waals surface area contributed by atoms with Crippen LogP contribution in [0.1, 0.15) is 5.56 Å². The molecule has 0 saturated carbocycles. The Morgan fingerprint density at radius 2 is 2.00 bits per heavy atom. The van der Waals surface area contributed by atoms with Crippen LogP contribution in [0.2, 0.25) is 0 Å². The summed E-state index contributed by atoms with van der Waals surface area (Å²) in [6, 6.07) is 2.85. The zero-order valence-electron chi connectivity index (χ0n) is 9.61. The molecule has 0 aromatic heterocycles. The number of hydrogen-bond acceptors (Lipinski definition) is 4. The topological polar surface area (TPSA) is 72.2 Å². The molecule has 0 radical (unpaired) electrons. The van der Waals surface area contributed by atoms with E-state index in [1.807, 2.05) is 0 Å². The van der Waals surface area contributed by atoms with E-state index in [4.69, 9.17) is 5.73 Å². The molecule has 0 amide bonds. The second kappa shape index (κ2) is 4.44. The fourth-order valence-corrected chi connectivity index (χ4v) is 3.01. The van der Waals surface area contributed by atoms with Gasteiger partial charge in [-0.05, 0) is 18.2 Å². The monoisotopic (exact) mass is 292 g/mol. The van der Waals surface area contributed by atoms with Crippen molar-refractivity contribution in [1.82, 2.24) is 0 Å². The first-order valence-electron chi connectivity index (χ1n) is 5.31. The van der Waals surface area contributed by atoms with Crippen molar-refractivity contribution in [2.24, 2.45) is 0 Å². The van der Waals surface area contributed by atoms with Crippen LogP contribution < -0.4 is 11.1 Å². The second-order valence-corrected chi connectivity index (χ2v) is 6.14. The summed E-state index contributed by atoms with van der Waals surface area (Å²) in [5.74, 6) is -0.168. The van der Waals surface area contributed by atoms with E-state index in [-0.39, 0.29) is 17.1 Å². The molecule has 8 heteroatoms. The Bertz CT molecular complexity index is 623. The third kappa shape index (κ3) is 3.19. The minimum Gasteiger partial charge on any atom is -0.398 e. The molecule has 0 saturated heterocycles. The number of nitrogen functional groups attached to an aromatic ring is 1. The highest BCUT2D eigenvalue weighted by Crippen LogP contribution is 2.35. The third-order valence-electron chi connectivity index (χ3n) is 2.64. The Morgan fingerprint density at radius 3 is 2.53 bits per heavy atom. The van der Waals surface area contributed by atoms with E-state index in [2.05, 4.69) is 5.32 Å². The largest absolute Gasteiger partial charge is 0.418 e. The number of nitrogens with two attached hydrogens (primary N) is 1. The zero-order chi connectivity index (χ0) is 14.3. The fraction of sp³-hybridized carbons (Fsp3) is 0.273. The Kier molecular flexibility index (Phi) is 3.21. The van der Waals surface area contributed by atoms with Gasteiger partial charge in [0.05, 0.1) is 17.4 Å². The van der Waals surface area contributed by atoms with Crippen molar-refractivity contribution in [2.45, 2.75) is 12.2 Å². The SMILES string of the molecule is Nc1ccc(NC2C=CS(=O)(=O)C2)cc1C(F)(F)F. The molecule has 1 aromatic carbocycles. The molecule has 1 aliphatic heterocycles. The van der Waals surface area contributed by atoms with Crippen molar-refractivity contribution in [3.8, 4) is 0 Å². The molecule has 1 heterocycles. The van der Waals surface area contributed by atoms with Gasteiger partial charge in [0.25, 0.3) is 0 Å². The molecule has 2 rings (SSSR count). The molecule has 1 aliphatic rings. The first kappa shape index (κ1) is 13.7. The normalized spacial score (nSPS) is 21.5. The number of sulfone groups is 1. The molecule has 0 fully saturated rings. The average Bonchev–Trinajstić information content (AvgIpc) is 2.59. The lowest BCUT2D eigenvalue weighted by Gasteiger charge is -2.15. The predicted octanol–water partition coefficient (Wildman–Crippen LogP) is 2.01. The molecule has 0 aliphatic carbocycles. The van der Waals surface area contributed by atoms with Crippen LogP contribution in [0.3, 0.4) is 0 Å². The molecule has 104 valence electrons. The third-order valence-corrected chi connectivity index (χ3v) is 4.04. The highest BCUT2D eigenvalue weighted by Gasteiger charge is 2.33. The van der Waals surface area contributed by atoms with Gasteiger partial charge in [-0.2, -0.15) is 13.2 Å². The van der Waals surface area contributed by atoms with Gasteiger partial charge in [0.2, 0.25) is 0 Å². The molecular weight excluding hydrogens is 281 g/mol. The van der Waals surface area contributed by atoms with Crippen LogP contribution in [-0.2, 0) is 16.0 Å². The minimum atomic E-state index is -4.54. The second-order valence-electron chi connectivity index (χ2n) is 4.21. The fourth-order valence-electron chi connectivity index (χ4n) is 1.77. The van der Waals surface area contributed by atoms with Gasteiger partial charge >= 0.3 is 6.18 Å². The van der Waals surface area contributed by atoms with E-state index in [9.17, 15) is 21.6 Å². The number of nitrogens with one attached hydrogen (secondary N) is 1. The van der Waals surface area contributed by atoms with Crippen LogP contribution in [0.25, 0.3) is 0 Å². The van der Waals surface area contributed by atoms with E-state index in [0.717, 1.165) is 17.5 Å². The Hall–Kier alpha value is -1.70. The smallest absolute Gasteiger partial charge is 0.398 e. The van der Waals surface area contributed by atoms with Crippen LogP contribution in [0, 0.1) is 0 Å². The Labute approximate surface area is 108 Å². The van der Waals surface area contributed by atoms with Gasteiger partial charge in [-0.3, -0.25) is 0 Å². The van der Waals surface area contributed by atoms with E-state index in [1.54, 1.807) is 0 Å². The number of hydrogen-bond donors (Lipinski definition) is 2. The zero-order valence-corrected chi connectivity index (χ0v) is 10.4. The van der Waals surface area contributed by atoms with Gasteiger partial charge in [-0.15, -0.1) is 0 Å². The van der Waals surface area contributed by atoms with Crippen molar-refractivity contribution in [3.05, 3.63) is 35.2 Å². The molecule has 19 heavy (non-hydrogen) atoms. The molecule has 0 bridgehead atoms. The molecule has 3 N–H and O–H groups in total. The summed E-state index contributed by atoms with van der Waals surface area (Å²) in [7, 11) is -3.25. The van der Waals surface area contributed by atoms with Gasteiger partial charge in [0, 0.05) is 16.8 Å². The number of rotatable bonds is 2. The lowest BCUT2D eigenvalue weighted by molar-refractivity contribution is -0.136. The standard InChI is InChI=1S/C11H11F3N2O2S/c12-11(13,14)9-5-7(1-2-10(9)15)16-8-3-4-19(17,18)6-8/h1-5,8,16H,6,15H2. The highest BCUT2D eigenvalue weighted by atomic mass is 32.2. The van der Waals surface area contributed by atoms with Crippen LogP contribution in [0.4, 0.5) is 24.5 Å². The summed E-state index contributed by atoms with van der Waals surface area (Å²) < 4.78 is 60.3. The highest BCUT2D eigenvalue weighted by molar-refractivity contribution is 7.94. The van der Waals surface area contributed by atoms with Crippen LogP contribution >= 0.6 is 0 Å². The molecule has 0 spiro atoms. The number of benzene rings is 1.